The molecule has 1 rings (SSSR count). The number of hydrogen-bond donors (Lipinski definition) is 2. The van der Waals surface area contributed by atoms with Crippen molar-refractivity contribution in [3.63, 3.8) is 0 Å². The summed E-state index contributed by atoms with van der Waals surface area (Å²) in [6, 6.07) is 7.17. The molecule has 3 nitrogen and oxygen atoms in total. The molecule has 0 aliphatic heterocycles. The first kappa shape index (κ1) is 13.4. The number of halogens is 2. The molecule has 0 radical (unpaired) electrons. The molecule has 1 aromatic rings. The maximum atomic E-state index is 11.9. The average Bonchev–Trinajstić information content (AvgIpc) is 2.27. The summed E-state index contributed by atoms with van der Waals surface area (Å²) in [5, 5.41) is 2.18. The molecule has 17 heavy (non-hydrogen) atoms. The van der Waals surface area contributed by atoms with Crippen molar-refractivity contribution in [2.24, 2.45) is 0 Å². The van der Waals surface area contributed by atoms with E-state index in [1.807, 2.05) is 19.1 Å². The second-order valence-electron chi connectivity index (χ2n) is 3.97. The molecule has 0 saturated carbocycles. The normalized spacial score (nSPS) is 12.5. The third-order valence-electron chi connectivity index (χ3n) is 2.45. The van der Waals surface area contributed by atoms with Crippen molar-refractivity contribution in [3.05, 3.63) is 29.8 Å². The zero-order chi connectivity index (χ0) is 12.8. The Morgan fingerprint density at radius 2 is 1.94 bits per heavy atom. The van der Waals surface area contributed by atoms with Crippen LogP contribution >= 0.6 is 0 Å². The summed E-state index contributed by atoms with van der Waals surface area (Å²) in [4.78, 5) is 11.3. The van der Waals surface area contributed by atoms with Crippen molar-refractivity contribution in [1.29, 1.82) is 0 Å². The molecule has 0 spiro atoms. The van der Waals surface area contributed by atoms with Gasteiger partial charge in [0.2, 0.25) is 5.91 Å². The van der Waals surface area contributed by atoms with Gasteiger partial charge < -0.3 is 11.1 Å². The lowest BCUT2D eigenvalue weighted by atomic mass is 9.97. The second-order valence-corrected chi connectivity index (χ2v) is 3.97. The Kier molecular flexibility index (Phi) is 4.87. The zero-order valence-corrected chi connectivity index (χ0v) is 9.62. The third-order valence-corrected chi connectivity index (χ3v) is 2.45. The molecule has 1 atom stereocenters. The predicted octanol–water partition coefficient (Wildman–Crippen LogP) is 2.14. The van der Waals surface area contributed by atoms with Gasteiger partial charge >= 0.3 is 0 Å². The van der Waals surface area contributed by atoms with Crippen molar-refractivity contribution in [1.82, 2.24) is 5.32 Å². The Morgan fingerprint density at radius 3 is 2.47 bits per heavy atom. The van der Waals surface area contributed by atoms with E-state index in [2.05, 4.69) is 5.32 Å². The number of carbonyl (C=O) groups excluding carboxylic acids is 1. The van der Waals surface area contributed by atoms with Gasteiger partial charge in [0.1, 0.15) is 0 Å². The molecule has 0 fully saturated rings. The molecule has 3 N–H and O–H groups in total. The van der Waals surface area contributed by atoms with Crippen molar-refractivity contribution in [3.8, 4) is 0 Å². The van der Waals surface area contributed by atoms with E-state index >= 15 is 0 Å². The third kappa shape index (κ3) is 4.80. The maximum Gasteiger partial charge on any atom is 0.255 e. The van der Waals surface area contributed by atoms with E-state index in [0.29, 0.717) is 5.69 Å². The number of nitrogen functional groups attached to an aromatic ring is 1. The Labute approximate surface area is 99.0 Å². The molecule has 1 unspecified atom stereocenters. The Morgan fingerprint density at radius 1 is 1.35 bits per heavy atom. The monoisotopic (exact) mass is 242 g/mol. The number of nitrogens with two attached hydrogens (primary N) is 1. The molecule has 5 heteroatoms. The lowest BCUT2D eigenvalue weighted by Gasteiger charge is -2.12. The maximum absolute atomic E-state index is 11.9. The van der Waals surface area contributed by atoms with Crippen LogP contribution in [0.5, 0.6) is 0 Å². The van der Waals surface area contributed by atoms with Crippen molar-refractivity contribution < 1.29 is 13.6 Å². The van der Waals surface area contributed by atoms with Gasteiger partial charge in [-0.05, 0) is 23.6 Å². The van der Waals surface area contributed by atoms with Crippen LogP contribution in [-0.4, -0.2) is 18.9 Å². The summed E-state index contributed by atoms with van der Waals surface area (Å²) >= 11 is 0. The molecule has 0 aliphatic carbocycles. The summed E-state index contributed by atoms with van der Waals surface area (Å²) in [5.74, 6) is -0.386. The van der Waals surface area contributed by atoms with Gasteiger partial charge in [-0.15, -0.1) is 0 Å². The summed E-state index contributed by atoms with van der Waals surface area (Å²) < 4.78 is 23.7. The number of anilines is 1. The molecule has 0 saturated heterocycles. The van der Waals surface area contributed by atoms with Gasteiger partial charge in [-0.3, -0.25) is 4.79 Å². The molecule has 1 amide bonds. The highest BCUT2D eigenvalue weighted by Gasteiger charge is 2.12. The van der Waals surface area contributed by atoms with Crippen LogP contribution in [0.4, 0.5) is 14.5 Å². The predicted molar refractivity (Wildman–Crippen MR) is 62.9 cm³/mol. The van der Waals surface area contributed by atoms with Gasteiger partial charge in [0.15, 0.2) is 0 Å². The van der Waals surface area contributed by atoms with E-state index in [-0.39, 0.29) is 18.2 Å². The Balaban J connectivity index is 2.46. The number of amides is 1. The number of rotatable bonds is 5. The Hall–Kier alpha value is -1.65. The molecular formula is C12H16F2N2O. The van der Waals surface area contributed by atoms with Crippen LogP contribution in [0.25, 0.3) is 0 Å². The lowest BCUT2D eigenvalue weighted by molar-refractivity contribution is -0.122. The average molecular weight is 242 g/mol. The molecule has 1 aromatic carbocycles. The van der Waals surface area contributed by atoms with Crippen molar-refractivity contribution in [2.75, 3.05) is 12.3 Å². The largest absolute Gasteiger partial charge is 0.399 e. The summed E-state index contributed by atoms with van der Waals surface area (Å²) in [5.41, 5.74) is 7.17. The molecule has 0 aromatic heterocycles. The minimum atomic E-state index is -2.51. The highest BCUT2D eigenvalue weighted by Crippen LogP contribution is 2.19. The Bertz CT molecular complexity index is 365. The lowest BCUT2D eigenvalue weighted by Crippen LogP contribution is -2.29. The first-order valence-corrected chi connectivity index (χ1v) is 5.39. The number of carbonyl (C=O) groups is 1. The molecular weight excluding hydrogens is 226 g/mol. The van der Waals surface area contributed by atoms with Gasteiger partial charge in [-0.1, -0.05) is 19.1 Å². The minimum Gasteiger partial charge on any atom is -0.399 e. The van der Waals surface area contributed by atoms with Crippen molar-refractivity contribution in [2.45, 2.75) is 25.7 Å². The van der Waals surface area contributed by atoms with Crippen LogP contribution < -0.4 is 11.1 Å². The molecule has 0 heterocycles. The first-order chi connectivity index (χ1) is 7.99. The van der Waals surface area contributed by atoms with E-state index in [1.54, 1.807) is 12.1 Å². The number of alkyl halides is 2. The van der Waals surface area contributed by atoms with Crippen LogP contribution in [0.2, 0.25) is 0 Å². The fourth-order valence-corrected chi connectivity index (χ4v) is 1.48. The topological polar surface area (TPSA) is 55.1 Å². The highest BCUT2D eigenvalue weighted by molar-refractivity contribution is 5.76. The summed E-state index contributed by atoms with van der Waals surface area (Å²) in [7, 11) is 0. The van der Waals surface area contributed by atoms with Crippen LogP contribution in [0.15, 0.2) is 24.3 Å². The van der Waals surface area contributed by atoms with Gasteiger partial charge in [0.25, 0.3) is 6.43 Å². The number of hydrogen-bond acceptors (Lipinski definition) is 2. The van der Waals surface area contributed by atoms with Crippen molar-refractivity contribution >= 4 is 11.6 Å². The van der Waals surface area contributed by atoms with Crippen LogP contribution in [0.3, 0.4) is 0 Å². The van der Waals surface area contributed by atoms with Gasteiger partial charge in [0.05, 0.1) is 6.54 Å². The van der Waals surface area contributed by atoms with E-state index in [0.717, 1.165) is 5.56 Å². The van der Waals surface area contributed by atoms with Crippen LogP contribution in [0.1, 0.15) is 24.8 Å². The summed E-state index contributed by atoms with van der Waals surface area (Å²) in [6.07, 6.45) is -2.32. The highest BCUT2D eigenvalue weighted by atomic mass is 19.3. The number of benzene rings is 1. The standard InChI is InChI=1S/C12H16F2N2O/c1-8(6-12(17)16-7-11(13)14)9-2-4-10(15)5-3-9/h2-5,8,11H,6-7,15H2,1H3,(H,16,17). The second kappa shape index (κ2) is 6.18. The van der Waals surface area contributed by atoms with Crippen LogP contribution in [0, 0.1) is 0 Å². The van der Waals surface area contributed by atoms with E-state index in [9.17, 15) is 13.6 Å². The quantitative estimate of drug-likeness (QED) is 0.777. The smallest absolute Gasteiger partial charge is 0.255 e. The van der Waals surface area contributed by atoms with Gasteiger partial charge in [-0.25, -0.2) is 8.78 Å². The van der Waals surface area contributed by atoms with Gasteiger partial charge in [-0.2, -0.15) is 0 Å². The summed E-state index contributed by atoms with van der Waals surface area (Å²) in [6.45, 7) is 1.28. The van der Waals surface area contributed by atoms with Crippen LogP contribution in [-0.2, 0) is 4.79 Å². The van der Waals surface area contributed by atoms with Gasteiger partial charge in [0, 0.05) is 12.1 Å². The molecule has 94 valence electrons. The SMILES string of the molecule is CC(CC(=O)NCC(F)F)c1ccc(N)cc1. The number of nitrogens with one attached hydrogen (secondary N) is 1. The zero-order valence-electron chi connectivity index (χ0n) is 9.62. The first-order valence-electron chi connectivity index (χ1n) is 5.39. The molecule has 0 bridgehead atoms. The fraction of sp³-hybridized carbons (Fsp3) is 0.417. The molecule has 0 aliphatic rings. The minimum absolute atomic E-state index is 0.0201. The van der Waals surface area contributed by atoms with E-state index < -0.39 is 13.0 Å². The fourth-order valence-electron chi connectivity index (χ4n) is 1.48. The van der Waals surface area contributed by atoms with E-state index in [4.69, 9.17) is 5.73 Å². The van der Waals surface area contributed by atoms with E-state index in [1.165, 1.54) is 0 Å².